The van der Waals surface area contributed by atoms with Crippen molar-refractivity contribution in [2.45, 2.75) is 29.9 Å². The Morgan fingerprint density at radius 3 is 1.15 bits per heavy atom. The van der Waals surface area contributed by atoms with Crippen molar-refractivity contribution >= 4 is 30.4 Å². The number of halogens is 9. The summed E-state index contributed by atoms with van der Waals surface area (Å²) in [5.74, 6) is 0. The molecule has 23 heteroatoms. The van der Waals surface area contributed by atoms with E-state index in [1.165, 1.54) is 11.1 Å². The van der Waals surface area contributed by atoms with Crippen LogP contribution in [0.25, 0.3) is 11.3 Å². The number of pyridine rings is 1. The zero-order valence-electron chi connectivity index (χ0n) is 18.4. The summed E-state index contributed by atoms with van der Waals surface area (Å²) in [5.41, 5.74) is -13.4. The van der Waals surface area contributed by atoms with Crippen molar-refractivity contribution in [3.63, 3.8) is 0 Å². The average Bonchev–Trinajstić information content (AvgIpc) is 2.71. The zero-order valence-corrected chi connectivity index (χ0v) is 23.3. The van der Waals surface area contributed by atoms with Gasteiger partial charge in [-0.05, 0) is 18.1 Å². The minimum absolute atomic E-state index is 0. The summed E-state index contributed by atoms with van der Waals surface area (Å²) in [6, 6.07) is 14.4. The van der Waals surface area contributed by atoms with Crippen LogP contribution < -0.4 is 0 Å². The van der Waals surface area contributed by atoms with E-state index in [4.69, 9.17) is 38.9 Å². The number of hydrogen-bond acceptors (Lipinski definition) is 10. The Hall–Kier alpha value is -1.88. The third kappa shape index (κ3) is 17.4. The quantitative estimate of drug-likeness (QED) is 0.247. The molecule has 1 heterocycles. The van der Waals surface area contributed by atoms with Crippen LogP contribution in [0.2, 0.25) is 0 Å². The minimum atomic E-state index is -6.09. The molecule has 1 aromatic heterocycles. The normalized spacial score (nSPS) is 12.2. The predicted octanol–water partition coefficient (Wildman–Crippen LogP) is 3.46. The number of benzene rings is 1. The van der Waals surface area contributed by atoms with Gasteiger partial charge in [0.1, 0.15) is 0 Å². The van der Waals surface area contributed by atoms with Gasteiger partial charge in [0.05, 0.1) is 5.69 Å². The number of aromatic nitrogens is 1. The largest absolute Gasteiger partial charge is 3.00 e. The Balaban J connectivity index is -0.000000460. The first kappa shape index (κ1) is 41.6. The second kappa shape index (κ2) is 15.8. The fourth-order valence-electron chi connectivity index (χ4n) is 1.41. The molecule has 0 spiro atoms. The topological polar surface area (TPSA) is 184 Å². The van der Waals surface area contributed by atoms with Gasteiger partial charge in [-0.1, -0.05) is 43.3 Å². The summed E-state index contributed by atoms with van der Waals surface area (Å²) >= 11 is 0. The molecule has 0 amide bonds. The van der Waals surface area contributed by atoms with Crippen molar-refractivity contribution in [1.29, 1.82) is 0 Å². The Kier molecular flexibility index (Phi) is 16.8. The first-order valence-corrected chi connectivity index (χ1v) is 12.9. The van der Waals surface area contributed by atoms with Gasteiger partial charge in [-0.3, -0.25) is 4.98 Å². The Labute approximate surface area is 228 Å². The molecule has 1 aromatic carbocycles. The van der Waals surface area contributed by atoms with Gasteiger partial charge in [0.25, 0.3) is 0 Å². The summed E-state index contributed by atoms with van der Waals surface area (Å²) in [7, 11) is -18.3. The van der Waals surface area contributed by atoms with Crippen molar-refractivity contribution in [3.05, 3.63) is 54.2 Å². The van der Waals surface area contributed by atoms with Crippen LogP contribution in [-0.4, -0.2) is 60.4 Å². The van der Waals surface area contributed by atoms with Crippen LogP contribution >= 0.6 is 0 Å². The molecule has 0 radical (unpaired) electrons. The molecule has 0 saturated carbocycles. The second-order valence-corrected chi connectivity index (χ2v) is 10.1. The van der Waals surface area contributed by atoms with Crippen molar-refractivity contribution in [2.75, 3.05) is 0 Å². The number of aryl methyl sites for hydroxylation is 1. The molecule has 2 rings (SSSR count). The van der Waals surface area contributed by atoms with E-state index in [1.54, 1.807) is 0 Å². The SMILES string of the molecule is CCc1ccc(-c2ccccc2)nc1.O=S(=O)([O-])C(F)(F)F.O=S(=O)([O-])C(F)(F)F.O=S(=O)([O-])C(F)(F)F.[Ir+3]. The van der Waals surface area contributed by atoms with Crippen LogP contribution in [0.5, 0.6) is 0 Å². The molecule has 226 valence electrons. The van der Waals surface area contributed by atoms with Crippen LogP contribution in [0.1, 0.15) is 12.5 Å². The third-order valence-electron chi connectivity index (χ3n) is 3.15. The van der Waals surface area contributed by atoms with Gasteiger partial charge in [-0.15, -0.1) is 0 Å². The fourth-order valence-corrected chi connectivity index (χ4v) is 1.41. The monoisotopic (exact) mass is 823 g/mol. The van der Waals surface area contributed by atoms with Crippen molar-refractivity contribution < 1.29 is 98.5 Å². The van der Waals surface area contributed by atoms with E-state index < -0.39 is 46.9 Å². The van der Waals surface area contributed by atoms with E-state index in [0.717, 1.165) is 12.1 Å². The molecule has 10 nitrogen and oxygen atoms in total. The smallest absolute Gasteiger partial charge is 0.741 e. The van der Waals surface area contributed by atoms with Gasteiger partial charge in [0, 0.05) is 11.8 Å². The summed E-state index contributed by atoms with van der Waals surface area (Å²) in [6.45, 7) is 2.14. The van der Waals surface area contributed by atoms with E-state index in [0.29, 0.717) is 0 Å². The first-order valence-electron chi connectivity index (χ1n) is 8.72. The molecule has 0 unspecified atom stereocenters. The van der Waals surface area contributed by atoms with Gasteiger partial charge in [0.15, 0.2) is 30.4 Å². The van der Waals surface area contributed by atoms with Crippen molar-refractivity contribution in [3.8, 4) is 11.3 Å². The Morgan fingerprint density at radius 1 is 0.641 bits per heavy atom. The molecule has 39 heavy (non-hydrogen) atoms. The van der Waals surface area contributed by atoms with E-state index in [9.17, 15) is 39.5 Å². The first-order chi connectivity index (χ1) is 16.6. The van der Waals surface area contributed by atoms with E-state index in [2.05, 4.69) is 36.2 Å². The van der Waals surface area contributed by atoms with Gasteiger partial charge < -0.3 is 13.7 Å². The average molecular weight is 823 g/mol. The van der Waals surface area contributed by atoms with Crippen LogP contribution in [0.15, 0.2) is 48.7 Å². The van der Waals surface area contributed by atoms with Gasteiger partial charge >= 0.3 is 36.6 Å². The Bertz CT molecular complexity index is 1210. The number of hydrogen-bond donors (Lipinski definition) is 0. The second-order valence-electron chi connectivity index (χ2n) is 5.97. The maximum Gasteiger partial charge on any atom is 3.00 e. The molecule has 2 aromatic rings. The van der Waals surface area contributed by atoms with Gasteiger partial charge in [-0.25, -0.2) is 25.3 Å². The summed E-state index contributed by atoms with van der Waals surface area (Å²) in [6.07, 6.45) is 2.99. The van der Waals surface area contributed by atoms with Crippen LogP contribution in [0.4, 0.5) is 39.5 Å². The molecular weight excluding hydrogens is 810 g/mol. The molecular formula is C16H13F9IrNO9S3. The predicted molar refractivity (Wildman–Crippen MR) is 106 cm³/mol. The number of nitrogens with zero attached hydrogens (tertiary/aromatic N) is 1. The molecule has 0 saturated heterocycles. The van der Waals surface area contributed by atoms with Gasteiger partial charge in [-0.2, -0.15) is 39.5 Å². The molecule has 0 aliphatic carbocycles. The Morgan fingerprint density at radius 2 is 0.949 bits per heavy atom. The maximum absolute atomic E-state index is 10.7. The number of rotatable bonds is 2. The van der Waals surface area contributed by atoms with Gasteiger partial charge in [0.2, 0.25) is 0 Å². The molecule has 0 aliphatic rings. The number of alkyl halides is 9. The molecule has 0 bridgehead atoms. The summed E-state index contributed by atoms with van der Waals surface area (Å²) in [5, 5.41) is 0. The van der Waals surface area contributed by atoms with E-state index >= 15 is 0 Å². The molecule has 0 atom stereocenters. The minimum Gasteiger partial charge on any atom is -0.741 e. The third-order valence-corrected chi connectivity index (χ3v) is 4.85. The summed E-state index contributed by atoms with van der Waals surface area (Å²) in [4.78, 5) is 4.42. The van der Waals surface area contributed by atoms with Crippen molar-refractivity contribution in [2.24, 2.45) is 0 Å². The van der Waals surface area contributed by atoms with Crippen molar-refractivity contribution in [1.82, 2.24) is 4.98 Å². The van der Waals surface area contributed by atoms with Crippen LogP contribution in [0.3, 0.4) is 0 Å². The maximum atomic E-state index is 10.7. The standard InChI is InChI=1S/C13H13N.3CHF3O3S.Ir/c1-2-11-8-9-13(14-10-11)12-6-4-3-5-7-12;3*2-1(3,4)8(5,6)7;/h3-10H,2H2,1H3;3*(H,5,6,7);/q;;;;+3/p-3. The molecule has 0 fully saturated rings. The zero-order chi connectivity index (χ0) is 30.8. The van der Waals surface area contributed by atoms with Crippen LogP contribution in [-0.2, 0) is 56.9 Å². The van der Waals surface area contributed by atoms with E-state index in [1.807, 2.05) is 24.4 Å². The van der Waals surface area contributed by atoms with Crippen LogP contribution in [0, 0.1) is 0 Å². The molecule has 0 N–H and O–H groups in total. The summed E-state index contributed by atoms with van der Waals surface area (Å²) < 4.78 is 177. The fraction of sp³-hybridized carbons (Fsp3) is 0.312. The van der Waals surface area contributed by atoms with E-state index in [-0.39, 0.29) is 20.1 Å². The molecule has 0 aliphatic heterocycles.